The monoisotopic (exact) mass is 380 g/mol. The Morgan fingerprint density at radius 3 is 2.44 bits per heavy atom. The molecule has 2 rings (SSSR count). The van der Waals surface area contributed by atoms with Gasteiger partial charge in [0.2, 0.25) is 5.91 Å². The van der Waals surface area contributed by atoms with Crippen LogP contribution in [-0.4, -0.2) is 30.3 Å². The standard InChI is InChI=1S/C17H17ClN2O4S/c1-3-24-17(23)14-10(2)13(16(25-14)20-12(21)9-18)15(22)19-11-7-5-4-6-8-11/h4-8H,3,9H2,1-2H3,(H,19,22)(H,20,21). The summed E-state index contributed by atoms with van der Waals surface area (Å²) in [5.41, 5.74) is 1.27. The summed E-state index contributed by atoms with van der Waals surface area (Å²) in [5.74, 6) is -1.69. The van der Waals surface area contributed by atoms with E-state index in [2.05, 4.69) is 10.6 Å². The minimum Gasteiger partial charge on any atom is -0.462 e. The van der Waals surface area contributed by atoms with E-state index >= 15 is 0 Å². The Labute approximate surface area is 154 Å². The van der Waals surface area contributed by atoms with Crippen molar-refractivity contribution in [1.29, 1.82) is 0 Å². The van der Waals surface area contributed by atoms with Gasteiger partial charge in [0.1, 0.15) is 15.8 Å². The number of amides is 2. The number of esters is 1. The van der Waals surface area contributed by atoms with Crippen LogP contribution >= 0.6 is 22.9 Å². The summed E-state index contributed by atoms with van der Waals surface area (Å²) in [6, 6.07) is 8.88. The lowest BCUT2D eigenvalue weighted by Gasteiger charge is -2.08. The number of rotatable bonds is 6. The molecule has 0 aliphatic heterocycles. The first-order valence-corrected chi connectivity index (χ1v) is 8.85. The molecule has 0 aliphatic carbocycles. The zero-order valence-corrected chi connectivity index (χ0v) is 15.3. The largest absolute Gasteiger partial charge is 0.462 e. The lowest BCUT2D eigenvalue weighted by molar-refractivity contribution is -0.113. The van der Waals surface area contributed by atoms with Crippen LogP contribution in [0.3, 0.4) is 0 Å². The number of anilines is 2. The third-order valence-electron chi connectivity index (χ3n) is 3.24. The molecule has 0 radical (unpaired) electrons. The molecule has 132 valence electrons. The van der Waals surface area contributed by atoms with Gasteiger partial charge < -0.3 is 15.4 Å². The summed E-state index contributed by atoms with van der Waals surface area (Å²) < 4.78 is 5.01. The molecule has 0 atom stereocenters. The van der Waals surface area contributed by atoms with Gasteiger partial charge in [-0.1, -0.05) is 18.2 Å². The number of nitrogens with one attached hydrogen (secondary N) is 2. The minimum atomic E-state index is -0.537. The van der Waals surface area contributed by atoms with Gasteiger partial charge in [-0.2, -0.15) is 0 Å². The minimum absolute atomic E-state index is 0.213. The quantitative estimate of drug-likeness (QED) is 0.591. The molecule has 2 aromatic rings. The summed E-state index contributed by atoms with van der Waals surface area (Å²) in [6.45, 7) is 3.55. The van der Waals surface area contributed by atoms with Crippen molar-refractivity contribution in [3.8, 4) is 0 Å². The Bertz CT molecular complexity index is 789. The van der Waals surface area contributed by atoms with E-state index in [9.17, 15) is 14.4 Å². The molecular weight excluding hydrogens is 364 g/mol. The first-order valence-electron chi connectivity index (χ1n) is 7.50. The maximum absolute atomic E-state index is 12.7. The summed E-state index contributed by atoms with van der Waals surface area (Å²) in [4.78, 5) is 36.7. The highest BCUT2D eigenvalue weighted by molar-refractivity contribution is 7.18. The number of benzene rings is 1. The molecule has 0 spiro atoms. The SMILES string of the molecule is CCOC(=O)c1sc(NC(=O)CCl)c(C(=O)Nc2ccccc2)c1C. The van der Waals surface area contributed by atoms with Crippen LogP contribution in [0.25, 0.3) is 0 Å². The van der Waals surface area contributed by atoms with Crippen LogP contribution in [0.4, 0.5) is 10.7 Å². The van der Waals surface area contributed by atoms with E-state index in [1.165, 1.54) is 0 Å². The van der Waals surface area contributed by atoms with E-state index in [0.717, 1.165) is 11.3 Å². The summed E-state index contributed by atoms with van der Waals surface area (Å²) in [5, 5.41) is 5.57. The van der Waals surface area contributed by atoms with Crippen LogP contribution in [0.15, 0.2) is 30.3 Å². The van der Waals surface area contributed by atoms with Gasteiger partial charge in [-0.25, -0.2) is 4.79 Å². The summed E-state index contributed by atoms with van der Waals surface area (Å²) >= 11 is 6.51. The molecule has 0 saturated heterocycles. The van der Waals surface area contributed by atoms with Gasteiger partial charge in [-0.3, -0.25) is 9.59 Å². The first-order chi connectivity index (χ1) is 12.0. The molecule has 0 aliphatic rings. The summed E-state index contributed by atoms with van der Waals surface area (Å²) in [7, 11) is 0. The fourth-order valence-electron chi connectivity index (χ4n) is 2.14. The van der Waals surface area contributed by atoms with E-state index in [1.807, 2.05) is 6.07 Å². The van der Waals surface area contributed by atoms with Crippen molar-refractivity contribution in [3.05, 3.63) is 46.3 Å². The highest BCUT2D eigenvalue weighted by Crippen LogP contribution is 2.34. The predicted octanol–water partition coefficient (Wildman–Crippen LogP) is 3.66. The van der Waals surface area contributed by atoms with Gasteiger partial charge in [0.15, 0.2) is 0 Å². The van der Waals surface area contributed by atoms with E-state index in [1.54, 1.807) is 38.1 Å². The third kappa shape index (κ3) is 4.58. The number of hydrogen-bond acceptors (Lipinski definition) is 5. The van der Waals surface area contributed by atoms with Gasteiger partial charge in [0, 0.05) is 5.69 Å². The second-order valence-electron chi connectivity index (χ2n) is 4.98. The molecule has 1 heterocycles. The topological polar surface area (TPSA) is 84.5 Å². The molecule has 6 nitrogen and oxygen atoms in total. The molecule has 0 unspecified atom stereocenters. The second kappa shape index (κ2) is 8.64. The van der Waals surface area contributed by atoms with Gasteiger partial charge in [0.25, 0.3) is 5.91 Å². The Balaban J connectivity index is 2.40. The molecule has 2 amide bonds. The fraction of sp³-hybridized carbons (Fsp3) is 0.235. The predicted molar refractivity (Wildman–Crippen MR) is 98.8 cm³/mol. The van der Waals surface area contributed by atoms with Crippen LogP contribution in [0.1, 0.15) is 32.5 Å². The van der Waals surface area contributed by atoms with Gasteiger partial charge >= 0.3 is 5.97 Å². The Kier molecular flexibility index (Phi) is 6.55. The lowest BCUT2D eigenvalue weighted by Crippen LogP contribution is -2.18. The van der Waals surface area contributed by atoms with E-state index < -0.39 is 17.8 Å². The fourth-order valence-corrected chi connectivity index (χ4v) is 3.32. The van der Waals surface area contributed by atoms with Crippen LogP contribution < -0.4 is 10.6 Å². The highest BCUT2D eigenvalue weighted by Gasteiger charge is 2.26. The molecule has 25 heavy (non-hydrogen) atoms. The van der Waals surface area contributed by atoms with E-state index in [0.29, 0.717) is 11.3 Å². The Morgan fingerprint density at radius 1 is 1.16 bits per heavy atom. The number of halogens is 1. The summed E-state index contributed by atoms with van der Waals surface area (Å²) in [6.07, 6.45) is 0. The molecule has 0 saturated carbocycles. The smallest absolute Gasteiger partial charge is 0.348 e. The second-order valence-corrected chi connectivity index (χ2v) is 6.27. The lowest BCUT2D eigenvalue weighted by atomic mass is 10.1. The Hall–Kier alpha value is -2.38. The number of thiophene rings is 1. The number of carbonyl (C=O) groups excluding carboxylic acids is 3. The maximum atomic E-state index is 12.7. The molecule has 2 N–H and O–H groups in total. The Morgan fingerprint density at radius 2 is 1.84 bits per heavy atom. The molecule has 0 bridgehead atoms. The average Bonchev–Trinajstić information content (AvgIpc) is 2.92. The van der Waals surface area contributed by atoms with Crippen LogP contribution in [0.2, 0.25) is 0 Å². The molecule has 0 fully saturated rings. The van der Waals surface area contributed by atoms with Crippen LogP contribution in [0, 0.1) is 6.92 Å². The zero-order chi connectivity index (χ0) is 18.4. The molecule has 1 aromatic carbocycles. The van der Waals surface area contributed by atoms with Crippen molar-refractivity contribution in [2.45, 2.75) is 13.8 Å². The van der Waals surface area contributed by atoms with Crippen molar-refractivity contribution in [3.63, 3.8) is 0 Å². The van der Waals surface area contributed by atoms with Crippen LogP contribution in [-0.2, 0) is 9.53 Å². The van der Waals surface area contributed by atoms with E-state index in [-0.39, 0.29) is 27.9 Å². The third-order valence-corrected chi connectivity index (χ3v) is 4.67. The number of carbonyl (C=O) groups is 3. The number of ether oxygens (including phenoxy) is 1. The van der Waals surface area contributed by atoms with Crippen LogP contribution in [0.5, 0.6) is 0 Å². The van der Waals surface area contributed by atoms with Crippen molar-refractivity contribution in [2.75, 3.05) is 23.1 Å². The van der Waals surface area contributed by atoms with E-state index in [4.69, 9.17) is 16.3 Å². The molecular formula is C17H17ClN2O4S. The van der Waals surface area contributed by atoms with Gasteiger partial charge in [0.05, 0.1) is 12.2 Å². The average molecular weight is 381 g/mol. The van der Waals surface area contributed by atoms with Crippen molar-refractivity contribution >= 4 is 51.4 Å². The molecule has 8 heteroatoms. The zero-order valence-electron chi connectivity index (χ0n) is 13.7. The van der Waals surface area contributed by atoms with Crippen molar-refractivity contribution < 1.29 is 19.1 Å². The number of para-hydroxylation sites is 1. The van der Waals surface area contributed by atoms with Gasteiger partial charge in [-0.05, 0) is 31.5 Å². The normalized spacial score (nSPS) is 10.2. The van der Waals surface area contributed by atoms with Gasteiger partial charge in [-0.15, -0.1) is 22.9 Å². The number of alkyl halides is 1. The maximum Gasteiger partial charge on any atom is 0.348 e. The molecule has 1 aromatic heterocycles. The highest BCUT2D eigenvalue weighted by atomic mass is 35.5. The first kappa shape index (κ1) is 19.0. The number of hydrogen-bond donors (Lipinski definition) is 2. The van der Waals surface area contributed by atoms with Crippen molar-refractivity contribution in [1.82, 2.24) is 0 Å². The van der Waals surface area contributed by atoms with Crippen molar-refractivity contribution in [2.24, 2.45) is 0 Å².